The first-order valence-electron chi connectivity index (χ1n) is 13.1. The number of halogens is 1. The van der Waals surface area contributed by atoms with Crippen molar-refractivity contribution in [1.29, 1.82) is 0 Å². The van der Waals surface area contributed by atoms with E-state index in [0.717, 1.165) is 31.2 Å². The molecule has 1 aliphatic carbocycles. The Morgan fingerprint density at radius 1 is 0.974 bits per heavy atom. The number of anilines is 2. The molecule has 3 amide bonds. The second-order valence-corrected chi connectivity index (χ2v) is 10.0. The van der Waals surface area contributed by atoms with E-state index >= 15 is 0 Å². The molecule has 2 aromatic carbocycles. The van der Waals surface area contributed by atoms with Crippen LogP contribution in [0.4, 0.5) is 11.5 Å². The molecule has 0 saturated heterocycles. The maximum absolute atomic E-state index is 13.8. The lowest BCUT2D eigenvalue weighted by atomic mass is 10.0. The third-order valence-electron chi connectivity index (χ3n) is 6.76. The van der Waals surface area contributed by atoms with E-state index in [9.17, 15) is 14.4 Å². The molecule has 8 heteroatoms. The minimum atomic E-state index is -0.871. The van der Waals surface area contributed by atoms with Gasteiger partial charge in [0.2, 0.25) is 17.7 Å². The van der Waals surface area contributed by atoms with Crippen molar-refractivity contribution in [2.24, 2.45) is 0 Å². The molecule has 2 N–H and O–H groups in total. The topological polar surface area (TPSA) is 91.4 Å². The van der Waals surface area contributed by atoms with Gasteiger partial charge in [-0.1, -0.05) is 60.8 Å². The summed E-state index contributed by atoms with van der Waals surface area (Å²) < 4.78 is 0. The quantitative estimate of drug-likeness (QED) is 0.336. The van der Waals surface area contributed by atoms with Crippen LogP contribution in [0.2, 0.25) is 5.02 Å². The molecule has 0 spiro atoms. The van der Waals surface area contributed by atoms with Crippen LogP contribution in [0.5, 0.6) is 0 Å². The molecule has 4 rings (SSSR count). The Hall–Kier alpha value is -3.71. The number of hydrogen-bond acceptors (Lipinski definition) is 4. The van der Waals surface area contributed by atoms with Crippen molar-refractivity contribution in [2.45, 2.75) is 64.0 Å². The maximum Gasteiger partial charge on any atom is 0.248 e. The van der Waals surface area contributed by atoms with Crippen molar-refractivity contribution in [1.82, 2.24) is 10.3 Å². The number of nitrogens with zero attached hydrogens (tertiary/aromatic N) is 2. The smallest absolute Gasteiger partial charge is 0.248 e. The van der Waals surface area contributed by atoms with E-state index in [4.69, 9.17) is 11.6 Å². The first kappa shape index (κ1) is 27.3. The molecule has 0 aliphatic heterocycles. The Bertz CT molecular complexity index is 1240. The van der Waals surface area contributed by atoms with Crippen molar-refractivity contribution < 1.29 is 14.4 Å². The van der Waals surface area contributed by atoms with Gasteiger partial charge >= 0.3 is 0 Å². The molecule has 7 nitrogen and oxygen atoms in total. The summed E-state index contributed by atoms with van der Waals surface area (Å²) in [5.41, 5.74) is 2.22. The van der Waals surface area contributed by atoms with Crippen LogP contribution < -0.4 is 15.5 Å². The number of carbonyl (C=O) groups is 3. The van der Waals surface area contributed by atoms with Gasteiger partial charge in [0, 0.05) is 35.8 Å². The van der Waals surface area contributed by atoms with Gasteiger partial charge in [-0.25, -0.2) is 4.98 Å². The molecule has 198 valence electrons. The molecule has 1 aromatic heterocycles. The highest BCUT2D eigenvalue weighted by Gasteiger charge is 2.34. The zero-order valence-electron chi connectivity index (χ0n) is 21.5. The highest BCUT2D eigenvalue weighted by atomic mass is 35.5. The fourth-order valence-corrected chi connectivity index (χ4v) is 4.95. The largest absolute Gasteiger partial charge is 0.351 e. The summed E-state index contributed by atoms with van der Waals surface area (Å²) in [5, 5.41) is 6.48. The number of pyridine rings is 1. The third-order valence-corrected chi connectivity index (χ3v) is 7.02. The summed E-state index contributed by atoms with van der Waals surface area (Å²) >= 11 is 6.15. The summed E-state index contributed by atoms with van der Waals surface area (Å²) in [7, 11) is 0. The predicted molar refractivity (Wildman–Crippen MR) is 150 cm³/mol. The number of aryl methyl sites for hydroxylation is 1. The van der Waals surface area contributed by atoms with Crippen LogP contribution in [0.1, 0.15) is 62.1 Å². The van der Waals surface area contributed by atoms with Gasteiger partial charge in [-0.15, -0.1) is 0 Å². The average Bonchev–Trinajstić information content (AvgIpc) is 3.42. The van der Waals surface area contributed by atoms with Crippen molar-refractivity contribution in [2.75, 3.05) is 10.2 Å². The molecule has 0 radical (unpaired) electrons. The molecule has 0 bridgehead atoms. The summed E-state index contributed by atoms with van der Waals surface area (Å²) in [6.45, 7) is 1.92. The van der Waals surface area contributed by atoms with Gasteiger partial charge in [0.1, 0.15) is 11.9 Å². The van der Waals surface area contributed by atoms with Crippen LogP contribution in [-0.4, -0.2) is 28.7 Å². The molecule has 1 aliphatic rings. The summed E-state index contributed by atoms with van der Waals surface area (Å²) in [4.78, 5) is 45.7. The van der Waals surface area contributed by atoms with Gasteiger partial charge in [-0.3, -0.25) is 19.3 Å². The van der Waals surface area contributed by atoms with E-state index < -0.39 is 6.04 Å². The number of amides is 3. The molecule has 1 saturated carbocycles. The molecule has 38 heavy (non-hydrogen) atoms. The van der Waals surface area contributed by atoms with Crippen molar-refractivity contribution in [3.8, 4) is 0 Å². The van der Waals surface area contributed by atoms with E-state index in [1.165, 1.54) is 0 Å². The average molecular weight is 533 g/mol. The van der Waals surface area contributed by atoms with Gasteiger partial charge < -0.3 is 10.6 Å². The van der Waals surface area contributed by atoms with Gasteiger partial charge in [-0.05, 0) is 67.6 Å². The zero-order valence-corrected chi connectivity index (χ0v) is 22.3. The molecule has 1 fully saturated rings. The highest BCUT2D eigenvalue weighted by molar-refractivity contribution is 6.30. The Labute approximate surface area is 228 Å². The number of nitrogens with one attached hydrogen (secondary N) is 2. The molecule has 1 unspecified atom stereocenters. The summed E-state index contributed by atoms with van der Waals surface area (Å²) in [5.74, 6) is -0.195. The van der Waals surface area contributed by atoms with Crippen molar-refractivity contribution in [3.63, 3.8) is 0 Å². The fourth-order valence-electron chi connectivity index (χ4n) is 4.83. The van der Waals surface area contributed by atoms with Crippen LogP contribution >= 0.6 is 11.6 Å². The first-order valence-corrected chi connectivity index (χ1v) is 13.4. The normalized spacial score (nSPS) is 14.1. The number of carbonyl (C=O) groups excluding carboxylic acids is 3. The van der Waals surface area contributed by atoms with Crippen molar-refractivity contribution in [3.05, 3.63) is 89.1 Å². The van der Waals surface area contributed by atoms with Gasteiger partial charge in [0.05, 0.1) is 0 Å². The van der Waals surface area contributed by atoms with E-state index in [-0.39, 0.29) is 36.6 Å². The lowest BCUT2D eigenvalue weighted by molar-refractivity contribution is -0.127. The number of aromatic nitrogens is 1. The Kier molecular flexibility index (Phi) is 9.49. The number of para-hydroxylation sites is 1. The second kappa shape index (κ2) is 13.2. The van der Waals surface area contributed by atoms with Crippen LogP contribution in [-0.2, 0) is 14.4 Å². The van der Waals surface area contributed by atoms with Crippen LogP contribution in [0.25, 0.3) is 0 Å². The van der Waals surface area contributed by atoms with Gasteiger partial charge in [-0.2, -0.15) is 0 Å². The highest BCUT2D eigenvalue weighted by Crippen LogP contribution is 2.32. The molecular formula is C30H33ClN4O3. The Balaban J connectivity index is 1.58. The zero-order chi connectivity index (χ0) is 26.9. The van der Waals surface area contributed by atoms with E-state index in [1.807, 2.05) is 31.2 Å². The van der Waals surface area contributed by atoms with Crippen LogP contribution in [0.3, 0.4) is 0 Å². The van der Waals surface area contributed by atoms with Crippen LogP contribution in [0.15, 0.2) is 72.9 Å². The second-order valence-electron chi connectivity index (χ2n) is 9.61. The summed E-state index contributed by atoms with van der Waals surface area (Å²) in [6, 6.07) is 19.1. The molecule has 1 heterocycles. The standard InChI is InChI=1S/C30H33ClN4O3/c1-21-9-2-5-12-25(21)35(28(37)15-8-14-27(36)34-26-13-6-7-20-32-26)29(22-16-18-23(31)19-17-22)30(38)33-24-10-3-4-11-24/h2,5-7,9,12-13,16-20,24,29H,3-4,8,10-11,14-15H2,1H3,(H,33,38)(H,32,34,36). The molecule has 3 aromatic rings. The van der Waals surface area contributed by atoms with E-state index in [0.29, 0.717) is 28.5 Å². The predicted octanol–water partition coefficient (Wildman–Crippen LogP) is 5.99. The lowest BCUT2D eigenvalue weighted by Crippen LogP contribution is -2.46. The van der Waals surface area contributed by atoms with Crippen LogP contribution in [0, 0.1) is 6.92 Å². The number of rotatable bonds is 10. The Morgan fingerprint density at radius 2 is 1.68 bits per heavy atom. The summed E-state index contributed by atoms with van der Waals surface area (Å²) in [6.07, 6.45) is 6.22. The monoisotopic (exact) mass is 532 g/mol. The van der Waals surface area contributed by atoms with Gasteiger partial charge in [0.25, 0.3) is 0 Å². The first-order chi connectivity index (χ1) is 18.4. The lowest BCUT2D eigenvalue weighted by Gasteiger charge is -2.33. The molecule has 1 atom stereocenters. The van der Waals surface area contributed by atoms with Gasteiger partial charge in [0.15, 0.2) is 0 Å². The minimum Gasteiger partial charge on any atom is -0.351 e. The fraction of sp³-hybridized carbons (Fsp3) is 0.333. The van der Waals surface area contributed by atoms with Crippen molar-refractivity contribution >= 4 is 40.8 Å². The molecular weight excluding hydrogens is 500 g/mol. The number of hydrogen-bond donors (Lipinski definition) is 2. The minimum absolute atomic E-state index is 0.0985. The SMILES string of the molecule is Cc1ccccc1N(C(=O)CCCC(=O)Nc1ccccn1)C(C(=O)NC1CCCC1)c1ccc(Cl)cc1. The Morgan fingerprint density at radius 3 is 2.37 bits per heavy atom. The van der Waals surface area contributed by atoms with E-state index in [1.54, 1.807) is 53.6 Å². The maximum atomic E-state index is 13.8. The number of benzene rings is 2. The van der Waals surface area contributed by atoms with E-state index in [2.05, 4.69) is 15.6 Å². The third kappa shape index (κ3) is 7.19.